The van der Waals surface area contributed by atoms with Gasteiger partial charge in [-0.25, -0.2) is 0 Å². The average molecular weight is 523 g/mol. The van der Waals surface area contributed by atoms with Gasteiger partial charge in [-0.15, -0.1) is 17.9 Å². The van der Waals surface area contributed by atoms with Crippen LogP contribution in [0.2, 0.25) is 0 Å². The van der Waals surface area contributed by atoms with Crippen LogP contribution >= 0.6 is 35.3 Å². The number of carbonyl (C=O) groups is 1. The van der Waals surface area contributed by atoms with Crippen LogP contribution in [0.15, 0.2) is 70.9 Å². The largest absolute Gasteiger partial charge is 0.497 e. The number of likely N-dealkylation sites (N-methyl/N-ethyl adjacent to an activating group) is 1. The summed E-state index contributed by atoms with van der Waals surface area (Å²) in [5, 5.41) is 1.17. The molecule has 2 aliphatic heterocycles. The molecular weight excluding hydrogens is 501 g/mol. The van der Waals surface area contributed by atoms with Gasteiger partial charge in [0.15, 0.2) is 5.11 Å². The molecule has 1 fully saturated rings. The Morgan fingerprint density at radius 1 is 1.09 bits per heavy atom. The van der Waals surface area contributed by atoms with Gasteiger partial charge in [0.2, 0.25) is 0 Å². The SMILES string of the molecule is C=CCn1c(=O)/c(=C2/Sc3ccc(OC)cc3N2C)s/c1=C1/C(=O)N(C)C(=S)N1c1ccccc1. The van der Waals surface area contributed by atoms with Crippen LogP contribution in [0.5, 0.6) is 5.75 Å². The monoisotopic (exact) mass is 522 g/mol. The van der Waals surface area contributed by atoms with Crippen LogP contribution in [0.25, 0.3) is 10.7 Å². The van der Waals surface area contributed by atoms with Gasteiger partial charge in [0.25, 0.3) is 11.5 Å². The number of thiazole rings is 1. The molecule has 10 heteroatoms. The Morgan fingerprint density at radius 3 is 2.51 bits per heavy atom. The Bertz CT molecular complexity index is 1560. The second-order valence-corrected chi connectivity index (χ2v) is 10.3. The number of fused-ring (bicyclic) bond motifs is 1. The van der Waals surface area contributed by atoms with E-state index in [2.05, 4.69) is 6.58 Å². The minimum absolute atomic E-state index is 0.173. The van der Waals surface area contributed by atoms with E-state index in [0.717, 1.165) is 27.0 Å². The van der Waals surface area contributed by atoms with Gasteiger partial charge in [-0.05, 0) is 36.5 Å². The van der Waals surface area contributed by atoms with Crippen molar-refractivity contribution in [2.75, 3.05) is 31.0 Å². The topological polar surface area (TPSA) is 58.0 Å². The smallest absolute Gasteiger partial charge is 0.279 e. The third-order valence-electron chi connectivity index (χ3n) is 5.85. The molecule has 0 radical (unpaired) electrons. The van der Waals surface area contributed by atoms with Crippen molar-refractivity contribution < 1.29 is 9.53 Å². The number of hydrogen-bond acceptors (Lipinski definition) is 7. The van der Waals surface area contributed by atoms with Gasteiger partial charge >= 0.3 is 0 Å². The first-order chi connectivity index (χ1) is 16.9. The lowest BCUT2D eigenvalue weighted by molar-refractivity contribution is -0.119. The number of amides is 1. The maximum absolute atomic E-state index is 13.7. The number of thiocarbonyl (C=S) groups is 1. The Morgan fingerprint density at radius 2 is 1.83 bits per heavy atom. The molecular formula is C25H22N4O3S3. The molecule has 0 N–H and O–H groups in total. The van der Waals surface area contributed by atoms with Gasteiger partial charge in [0.05, 0.1) is 12.8 Å². The molecule has 7 nitrogen and oxygen atoms in total. The van der Waals surface area contributed by atoms with Crippen LogP contribution in [0, 0.1) is 0 Å². The summed E-state index contributed by atoms with van der Waals surface area (Å²) < 4.78 is 8.07. The number of methoxy groups -OCH3 is 1. The number of benzene rings is 2. The fraction of sp³-hybridized carbons (Fsp3) is 0.160. The van der Waals surface area contributed by atoms with Crippen LogP contribution in [0.3, 0.4) is 0 Å². The summed E-state index contributed by atoms with van der Waals surface area (Å²) in [4.78, 5) is 33.3. The lowest BCUT2D eigenvalue weighted by atomic mass is 10.3. The van der Waals surface area contributed by atoms with Gasteiger partial charge in [-0.1, -0.05) is 36.0 Å². The molecule has 0 atom stereocenters. The van der Waals surface area contributed by atoms with Crippen molar-refractivity contribution in [3.05, 3.63) is 80.7 Å². The molecule has 1 amide bonds. The summed E-state index contributed by atoms with van der Waals surface area (Å²) in [6.07, 6.45) is 1.66. The van der Waals surface area contributed by atoms with E-state index in [1.54, 1.807) is 29.7 Å². The van der Waals surface area contributed by atoms with Gasteiger partial charge in [-0.3, -0.25) is 24.0 Å². The van der Waals surface area contributed by atoms with Crippen LogP contribution in [-0.2, 0) is 11.3 Å². The highest BCUT2D eigenvalue weighted by molar-refractivity contribution is 8.08. The normalized spacial score (nSPS) is 18.4. The van der Waals surface area contributed by atoms with E-state index < -0.39 is 0 Å². The molecule has 178 valence electrons. The van der Waals surface area contributed by atoms with Gasteiger partial charge in [0.1, 0.15) is 25.7 Å². The first-order valence-electron chi connectivity index (χ1n) is 10.7. The molecule has 0 aliphatic carbocycles. The van der Waals surface area contributed by atoms with Gasteiger partial charge in [0, 0.05) is 37.3 Å². The molecule has 1 saturated heterocycles. The minimum Gasteiger partial charge on any atom is -0.497 e. The summed E-state index contributed by atoms with van der Waals surface area (Å²) >= 11 is 8.45. The molecule has 1 aromatic heterocycles. The first kappa shape index (κ1) is 23.4. The predicted molar refractivity (Wildman–Crippen MR) is 146 cm³/mol. The number of ether oxygens (including phenoxy) is 1. The number of rotatable bonds is 4. The zero-order valence-electron chi connectivity index (χ0n) is 19.3. The number of nitrogens with zero attached hydrogens (tertiary/aromatic N) is 4. The van der Waals surface area contributed by atoms with Crippen molar-refractivity contribution in [2.24, 2.45) is 0 Å². The van der Waals surface area contributed by atoms with Crippen LogP contribution in [-0.4, -0.2) is 41.7 Å². The zero-order chi connectivity index (χ0) is 24.9. The second-order valence-electron chi connectivity index (χ2n) is 7.91. The van der Waals surface area contributed by atoms with Crippen molar-refractivity contribution in [3.8, 4) is 5.75 Å². The molecule has 35 heavy (non-hydrogen) atoms. The van der Waals surface area contributed by atoms with Crippen molar-refractivity contribution in [3.63, 3.8) is 0 Å². The molecule has 0 bridgehead atoms. The van der Waals surface area contributed by atoms with E-state index in [-0.39, 0.29) is 18.0 Å². The standard InChI is InChI=1S/C25H22N4O3S3/c1-5-13-28-22(31)20(24-26(2)17-14-16(32-4)11-12-18(17)34-24)35-23(28)19-21(30)27(3)25(33)29(19)15-9-7-6-8-10-15/h5-12,14H,1,13H2,2-4H3/b23-19-,24-20-. The molecule has 0 spiro atoms. The molecule has 0 unspecified atom stereocenters. The first-order valence-corrected chi connectivity index (χ1v) is 12.8. The van der Waals surface area contributed by atoms with Gasteiger partial charge < -0.3 is 9.64 Å². The summed E-state index contributed by atoms with van der Waals surface area (Å²) in [6.45, 7) is 4.10. The summed E-state index contributed by atoms with van der Waals surface area (Å²) in [5.74, 6) is 0.491. The molecule has 5 rings (SSSR count). The number of thioether (sulfide) groups is 1. The lowest BCUT2D eigenvalue weighted by Gasteiger charge is -2.18. The number of carbonyl (C=O) groups excluding carboxylic acids is 1. The molecule has 3 aromatic rings. The van der Waals surface area contributed by atoms with E-state index in [0.29, 0.717) is 20.0 Å². The van der Waals surface area contributed by atoms with Crippen molar-refractivity contribution in [2.45, 2.75) is 11.4 Å². The van der Waals surface area contributed by atoms with E-state index in [9.17, 15) is 9.59 Å². The Balaban J connectivity index is 1.81. The third-order valence-corrected chi connectivity index (χ3v) is 8.86. The van der Waals surface area contributed by atoms with E-state index >= 15 is 0 Å². The van der Waals surface area contributed by atoms with E-state index in [1.165, 1.54) is 28.0 Å². The van der Waals surface area contributed by atoms with Crippen LogP contribution in [0.4, 0.5) is 11.4 Å². The Hall–Kier alpha value is -3.34. The van der Waals surface area contributed by atoms with Crippen molar-refractivity contribution in [1.82, 2.24) is 9.47 Å². The highest BCUT2D eigenvalue weighted by Gasteiger charge is 2.38. The molecule has 0 saturated carbocycles. The Labute approximate surface area is 215 Å². The maximum atomic E-state index is 13.7. The molecule has 2 aromatic carbocycles. The minimum atomic E-state index is -0.255. The molecule has 2 aliphatic rings. The average Bonchev–Trinajstić information content (AvgIpc) is 3.45. The second kappa shape index (κ2) is 9.03. The fourth-order valence-corrected chi connectivity index (χ4v) is 6.81. The lowest BCUT2D eigenvalue weighted by Crippen LogP contribution is -2.36. The highest BCUT2D eigenvalue weighted by atomic mass is 32.2. The highest BCUT2D eigenvalue weighted by Crippen LogP contribution is 2.46. The number of anilines is 2. The van der Waals surface area contributed by atoms with Crippen LogP contribution < -0.4 is 29.3 Å². The van der Waals surface area contributed by atoms with Crippen molar-refractivity contribution >= 4 is 68.4 Å². The van der Waals surface area contributed by atoms with Crippen molar-refractivity contribution in [1.29, 1.82) is 0 Å². The predicted octanol–water partition coefficient (Wildman–Crippen LogP) is 2.78. The zero-order valence-corrected chi connectivity index (χ0v) is 21.8. The number of hydrogen-bond donors (Lipinski definition) is 0. The van der Waals surface area contributed by atoms with E-state index in [1.807, 2.05) is 60.5 Å². The van der Waals surface area contributed by atoms with E-state index in [4.69, 9.17) is 17.0 Å². The maximum Gasteiger partial charge on any atom is 0.279 e. The Kier molecular flexibility index (Phi) is 6.04. The molecule has 3 heterocycles. The number of para-hydroxylation sites is 1. The summed E-state index contributed by atoms with van der Waals surface area (Å²) in [7, 11) is 5.21. The quantitative estimate of drug-likeness (QED) is 0.386. The summed E-state index contributed by atoms with van der Waals surface area (Å²) in [6, 6.07) is 15.3. The number of allylic oxidation sites excluding steroid dienone is 1. The fourth-order valence-electron chi connectivity index (χ4n) is 4.06. The van der Waals surface area contributed by atoms with Crippen LogP contribution in [0.1, 0.15) is 0 Å². The number of aromatic nitrogens is 1. The third kappa shape index (κ3) is 3.69. The van der Waals surface area contributed by atoms with Gasteiger partial charge in [-0.2, -0.15) is 0 Å². The summed E-state index contributed by atoms with van der Waals surface area (Å²) in [5.41, 5.74) is 1.92.